The Bertz CT molecular complexity index is 637. The lowest BCUT2D eigenvalue weighted by molar-refractivity contribution is -0.00181. The van der Waals surface area contributed by atoms with Crippen LogP contribution in [0, 0.1) is 5.41 Å². The third kappa shape index (κ3) is 4.46. The van der Waals surface area contributed by atoms with E-state index in [1.165, 1.54) is 0 Å². The van der Waals surface area contributed by atoms with Crippen molar-refractivity contribution in [1.82, 2.24) is 9.80 Å². The zero-order valence-electron chi connectivity index (χ0n) is 16.5. The molecule has 144 valence electrons. The smallest absolute Gasteiger partial charge is 0.249 e. The van der Waals surface area contributed by atoms with E-state index in [0.717, 1.165) is 48.7 Å². The summed E-state index contributed by atoms with van der Waals surface area (Å²) in [7, 11) is 0. The molecule has 1 atom stereocenters. The third-order valence-corrected chi connectivity index (χ3v) is 5.73. The second-order valence-electron chi connectivity index (χ2n) is 7.81. The lowest BCUT2D eigenvalue weighted by Crippen LogP contribution is -2.47. The van der Waals surface area contributed by atoms with E-state index in [0.29, 0.717) is 6.42 Å². The van der Waals surface area contributed by atoms with E-state index in [9.17, 15) is 8.78 Å². The quantitative estimate of drug-likeness (QED) is 0.573. The van der Waals surface area contributed by atoms with E-state index in [1.807, 2.05) is 32.9 Å². The monoisotopic (exact) mass is 362 g/mol. The molecule has 0 aromatic rings. The van der Waals surface area contributed by atoms with Crippen LogP contribution in [0.5, 0.6) is 0 Å². The minimum Gasteiger partial charge on any atom is -0.371 e. The number of hydrogen-bond acceptors (Lipinski definition) is 2. The largest absolute Gasteiger partial charge is 0.371 e. The van der Waals surface area contributed by atoms with E-state index >= 15 is 0 Å². The summed E-state index contributed by atoms with van der Waals surface area (Å²) in [5.74, 6) is -2.55. The van der Waals surface area contributed by atoms with Crippen LogP contribution in [0.3, 0.4) is 0 Å². The first-order valence-corrected chi connectivity index (χ1v) is 9.35. The Hall–Kier alpha value is -1.84. The molecule has 1 aliphatic carbocycles. The van der Waals surface area contributed by atoms with Crippen molar-refractivity contribution in [3.63, 3.8) is 0 Å². The Morgan fingerprint density at radius 1 is 1.04 bits per heavy atom. The highest BCUT2D eigenvalue weighted by molar-refractivity contribution is 5.40. The topological polar surface area (TPSA) is 6.48 Å². The van der Waals surface area contributed by atoms with Gasteiger partial charge >= 0.3 is 0 Å². The summed E-state index contributed by atoms with van der Waals surface area (Å²) in [6, 6.07) is 0. The number of halogens is 2. The normalized spacial score (nSPS) is 26.8. The van der Waals surface area contributed by atoms with Crippen molar-refractivity contribution in [1.29, 1.82) is 0 Å². The van der Waals surface area contributed by atoms with E-state index in [2.05, 4.69) is 35.6 Å². The van der Waals surface area contributed by atoms with Gasteiger partial charge in [0.05, 0.1) is 0 Å². The molecule has 2 aliphatic rings. The fraction of sp³-hybridized carbons (Fsp3) is 0.545. The average molecular weight is 363 g/mol. The number of hydrogen-bond donors (Lipinski definition) is 0. The van der Waals surface area contributed by atoms with E-state index in [-0.39, 0.29) is 12.8 Å². The Labute approximate surface area is 157 Å². The highest BCUT2D eigenvalue weighted by Gasteiger charge is 2.49. The highest BCUT2D eigenvalue weighted by atomic mass is 19.3. The molecule has 4 heteroatoms. The zero-order valence-corrected chi connectivity index (χ0v) is 16.5. The lowest BCUT2D eigenvalue weighted by atomic mass is 9.84. The van der Waals surface area contributed by atoms with E-state index < -0.39 is 11.3 Å². The maximum absolute atomic E-state index is 13.7. The van der Waals surface area contributed by atoms with Gasteiger partial charge in [-0.3, -0.25) is 0 Å². The first-order valence-electron chi connectivity index (χ1n) is 9.35. The Morgan fingerprint density at radius 2 is 1.62 bits per heavy atom. The molecule has 1 saturated heterocycles. The van der Waals surface area contributed by atoms with Gasteiger partial charge in [-0.1, -0.05) is 38.3 Å². The van der Waals surface area contributed by atoms with Crippen LogP contribution in [0.4, 0.5) is 8.78 Å². The molecular weight excluding hydrogens is 330 g/mol. The first kappa shape index (κ1) is 20.5. The minimum absolute atomic E-state index is 0.0289. The van der Waals surface area contributed by atoms with Gasteiger partial charge in [0.15, 0.2) is 0 Å². The Balaban J connectivity index is 2.02. The van der Waals surface area contributed by atoms with Gasteiger partial charge in [-0.25, -0.2) is 8.78 Å². The van der Waals surface area contributed by atoms with Crippen molar-refractivity contribution in [2.45, 2.75) is 46.0 Å². The van der Waals surface area contributed by atoms with Crippen LogP contribution in [0.1, 0.15) is 40.0 Å². The second-order valence-corrected chi connectivity index (χ2v) is 7.81. The van der Waals surface area contributed by atoms with Gasteiger partial charge < -0.3 is 9.80 Å². The molecule has 0 bridgehead atoms. The third-order valence-electron chi connectivity index (χ3n) is 5.73. The summed E-state index contributed by atoms with van der Waals surface area (Å²) >= 11 is 0. The molecule has 0 aromatic heterocycles. The number of alkyl halides is 2. The van der Waals surface area contributed by atoms with Crippen LogP contribution >= 0.6 is 0 Å². The average Bonchev–Trinajstić information content (AvgIpc) is 2.89. The predicted octanol–water partition coefficient (Wildman–Crippen LogP) is 5.54. The van der Waals surface area contributed by atoms with Gasteiger partial charge in [0.25, 0.3) is 0 Å². The standard InChI is InChI=1S/C22H32F2N2/c1-7-19(17(3)4)15-20(8-2)26-13-11-25(12-14-26)18(5)21(6)9-10-22(23,24)16-21/h7-8,15H,2-3,5,9-14,16H2,1,4,6H3/b19-7+,20-15+. The second kappa shape index (κ2) is 7.81. The van der Waals surface area contributed by atoms with Gasteiger partial charge in [0, 0.05) is 55.8 Å². The van der Waals surface area contributed by atoms with Crippen molar-refractivity contribution in [3.05, 3.63) is 60.5 Å². The molecule has 1 saturated carbocycles. The van der Waals surface area contributed by atoms with Crippen LogP contribution in [0.15, 0.2) is 60.5 Å². The number of nitrogens with zero attached hydrogens (tertiary/aromatic N) is 2. The minimum atomic E-state index is -2.55. The van der Waals surface area contributed by atoms with Crippen molar-refractivity contribution >= 4 is 0 Å². The number of allylic oxidation sites excluding steroid dienone is 6. The molecule has 2 rings (SSSR count). The van der Waals surface area contributed by atoms with Crippen molar-refractivity contribution in [3.8, 4) is 0 Å². The summed E-state index contributed by atoms with van der Waals surface area (Å²) < 4.78 is 27.4. The highest BCUT2D eigenvalue weighted by Crippen LogP contribution is 2.51. The van der Waals surface area contributed by atoms with Crippen molar-refractivity contribution in [2.24, 2.45) is 5.41 Å². The molecule has 0 radical (unpaired) electrons. The van der Waals surface area contributed by atoms with E-state index in [4.69, 9.17) is 0 Å². The molecule has 2 nitrogen and oxygen atoms in total. The van der Waals surface area contributed by atoms with Gasteiger partial charge in [-0.15, -0.1) is 0 Å². The van der Waals surface area contributed by atoms with Crippen LogP contribution in [0.2, 0.25) is 0 Å². The van der Waals surface area contributed by atoms with E-state index in [1.54, 1.807) is 0 Å². The summed E-state index contributed by atoms with van der Waals surface area (Å²) in [5, 5.41) is 0. The number of piperazine rings is 1. The molecule has 1 aliphatic heterocycles. The molecule has 1 heterocycles. The predicted molar refractivity (Wildman–Crippen MR) is 106 cm³/mol. The molecule has 1 unspecified atom stereocenters. The fourth-order valence-corrected chi connectivity index (χ4v) is 3.96. The molecule has 0 N–H and O–H groups in total. The number of rotatable bonds is 6. The van der Waals surface area contributed by atoms with Gasteiger partial charge in [-0.2, -0.15) is 0 Å². The fourth-order valence-electron chi connectivity index (χ4n) is 3.96. The Kier molecular flexibility index (Phi) is 6.15. The first-order chi connectivity index (χ1) is 12.1. The lowest BCUT2D eigenvalue weighted by Gasteiger charge is -2.43. The molecule has 0 amide bonds. The molecule has 2 fully saturated rings. The summed E-state index contributed by atoms with van der Waals surface area (Å²) in [4.78, 5) is 4.47. The maximum atomic E-state index is 13.7. The molecule has 0 aromatic carbocycles. The zero-order chi connectivity index (χ0) is 19.5. The maximum Gasteiger partial charge on any atom is 0.249 e. The van der Waals surface area contributed by atoms with Crippen LogP contribution < -0.4 is 0 Å². The van der Waals surface area contributed by atoms with Crippen molar-refractivity contribution < 1.29 is 8.78 Å². The molecule has 26 heavy (non-hydrogen) atoms. The Morgan fingerprint density at radius 3 is 2.04 bits per heavy atom. The van der Waals surface area contributed by atoms with Crippen LogP contribution in [-0.2, 0) is 0 Å². The van der Waals surface area contributed by atoms with Crippen molar-refractivity contribution in [2.75, 3.05) is 26.2 Å². The van der Waals surface area contributed by atoms with Gasteiger partial charge in [0.2, 0.25) is 5.92 Å². The summed E-state index contributed by atoms with van der Waals surface area (Å²) in [6.45, 7) is 21.3. The van der Waals surface area contributed by atoms with Crippen LogP contribution in [-0.4, -0.2) is 41.9 Å². The SMILES string of the molecule is C=C/C(=C\C(=C/C)C(=C)C)N1CCN(C(=C)C2(C)CCC(F)(F)C2)CC1. The van der Waals surface area contributed by atoms with Gasteiger partial charge in [-0.05, 0) is 38.0 Å². The van der Waals surface area contributed by atoms with Gasteiger partial charge in [0.1, 0.15) is 0 Å². The summed E-state index contributed by atoms with van der Waals surface area (Å²) in [5.41, 5.74) is 3.59. The molecular formula is C22H32F2N2. The van der Waals surface area contributed by atoms with Crippen LogP contribution in [0.25, 0.3) is 0 Å². The summed E-state index contributed by atoms with van der Waals surface area (Å²) in [6.07, 6.45) is 6.43. The molecule has 0 spiro atoms.